The van der Waals surface area contributed by atoms with Crippen LogP contribution in [0, 0.1) is 0 Å². The predicted molar refractivity (Wildman–Crippen MR) is 223 cm³/mol. The van der Waals surface area contributed by atoms with Crippen molar-refractivity contribution in [2.24, 2.45) is 0 Å². The fraction of sp³-hybridized carbons (Fsp3) is 0.745. The van der Waals surface area contributed by atoms with Crippen LogP contribution < -0.4 is 0 Å². The molecule has 0 saturated carbocycles. The minimum absolute atomic E-state index is 0.0891. The summed E-state index contributed by atoms with van der Waals surface area (Å²) in [6, 6.07) is 0. The number of hydrogen-bond acceptors (Lipinski definition) is 5. The van der Waals surface area contributed by atoms with Gasteiger partial charge in [0.2, 0.25) is 0 Å². The van der Waals surface area contributed by atoms with Crippen molar-refractivity contribution in [3.05, 3.63) is 60.8 Å². The second-order valence-electron chi connectivity index (χ2n) is 14.4. The molecule has 0 aromatic heterocycles. The SMILES string of the molecule is CCCCCC=CCC=CCC=CCC=CCCCC(=O)OC(CO)COC(=O)CCCCCCCCCCCCCC=CCCCCCCCC. The molecule has 0 aromatic carbocycles. The average Bonchev–Trinajstić information content (AvgIpc) is 3.15. The second kappa shape index (κ2) is 43.0. The summed E-state index contributed by atoms with van der Waals surface area (Å²) in [5.74, 6) is -0.656. The van der Waals surface area contributed by atoms with Gasteiger partial charge in [-0.25, -0.2) is 0 Å². The Morgan fingerprint density at radius 1 is 0.442 bits per heavy atom. The van der Waals surface area contributed by atoms with Gasteiger partial charge in [0.25, 0.3) is 0 Å². The Morgan fingerprint density at radius 2 is 0.788 bits per heavy atom. The van der Waals surface area contributed by atoms with Crippen LogP contribution in [0.2, 0.25) is 0 Å². The maximum absolute atomic E-state index is 12.2. The standard InChI is InChI=1S/C47H82O5/c1-3-5-7-9-11-13-15-17-19-21-22-23-24-26-27-29-31-33-35-37-39-41-46(49)51-44-45(43-48)52-47(50)42-40-38-36-34-32-30-28-25-20-18-16-14-12-10-8-6-4-2/h12,14,17-20,28,30,34,36,45,48H,3-11,13,15-16,21-27,29,31-33,35,37-44H2,1-2H3. The molecule has 0 spiro atoms. The largest absolute Gasteiger partial charge is 0.462 e. The first-order valence-corrected chi connectivity index (χ1v) is 21.8. The van der Waals surface area contributed by atoms with Crippen molar-refractivity contribution >= 4 is 11.9 Å². The van der Waals surface area contributed by atoms with E-state index in [2.05, 4.69) is 74.6 Å². The Kier molecular flexibility index (Phi) is 41.0. The highest BCUT2D eigenvalue weighted by Gasteiger charge is 2.16. The minimum Gasteiger partial charge on any atom is -0.462 e. The molecular weight excluding hydrogens is 645 g/mol. The molecule has 1 atom stereocenters. The summed E-state index contributed by atoms with van der Waals surface area (Å²) in [6.07, 6.45) is 55.8. The van der Waals surface area contributed by atoms with Crippen LogP contribution in [-0.4, -0.2) is 36.4 Å². The quantitative estimate of drug-likeness (QED) is 0.0388. The third-order valence-corrected chi connectivity index (χ3v) is 9.28. The lowest BCUT2D eigenvalue weighted by Crippen LogP contribution is -2.28. The van der Waals surface area contributed by atoms with Crippen LogP contribution in [0.1, 0.15) is 206 Å². The summed E-state index contributed by atoms with van der Waals surface area (Å²) in [5, 5.41) is 9.57. The van der Waals surface area contributed by atoms with Crippen molar-refractivity contribution in [1.29, 1.82) is 0 Å². The first kappa shape index (κ1) is 49.6. The smallest absolute Gasteiger partial charge is 0.306 e. The van der Waals surface area contributed by atoms with Gasteiger partial charge in [0.05, 0.1) is 6.61 Å². The van der Waals surface area contributed by atoms with E-state index in [-0.39, 0.29) is 31.6 Å². The van der Waals surface area contributed by atoms with Crippen molar-refractivity contribution in [3.8, 4) is 0 Å². The molecule has 0 saturated heterocycles. The Morgan fingerprint density at radius 3 is 1.27 bits per heavy atom. The van der Waals surface area contributed by atoms with E-state index in [1.165, 1.54) is 128 Å². The van der Waals surface area contributed by atoms with E-state index in [4.69, 9.17) is 9.47 Å². The maximum atomic E-state index is 12.2. The van der Waals surface area contributed by atoms with E-state index in [1.54, 1.807) is 0 Å². The average molecular weight is 727 g/mol. The van der Waals surface area contributed by atoms with Gasteiger partial charge in [0.1, 0.15) is 6.61 Å². The zero-order valence-corrected chi connectivity index (χ0v) is 34.1. The molecule has 0 fully saturated rings. The van der Waals surface area contributed by atoms with Crippen molar-refractivity contribution in [3.63, 3.8) is 0 Å². The van der Waals surface area contributed by atoms with Crippen molar-refractivity contribution < 1.29 is 24.2 Å². The summed E-state index contributed by atoms with van der Waals surface area (Å²) in [4.78, 5) is 24.3. The maximum Gasteiger partial charge on any atom is 0.306 e. The van der Waals surface area contributed by atoms with Crippen LogP contribution in [0.3, 0.4) is 0 Å². The zero-order valence-electron chi connectivity index (χ0n) is 34.1. The fourth-order valence-corrected chi connectivity index (χ4v) is 5.95. The first-order valence-electron chi connectivity index (χ1n) is 21.8. The molecule has 5 nitrogen and oxygen atoms in total. The summed E-state index contributed by atoms with van der Waals surface area (Å²) in [7, 11) is 0. The number of carbonyl (C=O) groups excluding carboxylic acids is 2. The number of hydrogen-bond donors (Lipinski definition) is 1. The molecule has 52 heavy (non-hydrogen) atoms. The number of carbonyl (C=O) groups is 2. The van der Waals surface area contributed by atoms with Gasteiger partial charge in [-0.05, 0) is 77.0 Å². The van der Waals surface area contributed by atoms with Crippen LogP contribution >= 0.6 is 0 Å². The fourth-order valence-electron chi connectivity index (χ4n) is 5.95. The molecule has 1 unspecified atom stereocenters. The van der Waals surface area contributed by atoms with Crippen LogP contribution in [0.5, 0.6) is 0 Å². The Balaban J connectivity index is 3.60. The first-order chi connectivity index (χ1) is 25.6. The summed E-state index contributed by atoms with van der Waals surface area (Å²) < 4.78 is 10.6. The molecule has 1 N–H and O–H groups in total. The van der Waals surface area contributed by atoms with Gasteiger partial charge < -0.3 is 14.6 Å². The van der Waals surface area contributed by atoms with E-state index in [0.717, 1.165) is 44.9 Å². The molecule has 0 rings (SSSR count). The zero-order chi connectivity index (χ0) is 37.8. The van der Waals surface area contributed by atoms with E-state index >= 15 is 0 Å². The molecule has 0 radical (unpaired) electrons. The number of aliphatic hydroxyl groups excluding tert-OH is 1. The molecular formula is C47H82O5. The number of esters is 2. The highest BCUT2D eigenvalue weighted by Crippen LogP contribution is 2.14. The number of unbranched alkanes of at least 4 members (excludes halogenated alkanes) is 21. The summed E-state index contributed by atoms with van der Waals surface area (Å²) in [5.41, 5.74) is 0. The highest BCUT2D eigenvalue weighted by molar-refractivity contribution is 5.70. The molecule has 0 aliphatic rings. The van der Waals surface area contributed by atoms with Gasteiger partial charge >= 0.3 is 11.9 Å². The lowest BCUT2D eigenvalue weighted by atomic mass is 10.0. The Bertz CT molecular complexity index is 915. The van der Waals surface area contributed by atoms with E-state index in [9.17, 15) is 14.7 Å². The molecule has 5 heteroatoms. The predicted octanol–water partition coefficient (Wildman–Crippen LogP) is 14.0. The monoisotopic (exact) mass is 727 g/mol. The molecule has 0 heterocycles. The van der Waals surface area contributed by atoms with Gasteiger partial charge in [-0.1, -0.05) is 177 Å². The molecule has 0 aromatic rings. The minimum atomic E-state index is -0.801. The van der Waals surface area contributed by atoms with Gasteiger partial charge in [-0.15, -0.1) is 0 Å². The molecule has 0 aliphatic carbocycles. The number of allylic oxidation sites excluding steroid dienone is 10. The summed E-state index contributed by atoms with van der Waals surface area (Å²) in [6.45, 7) is 4.06. The molecule has 0 aliphatic heterocycles. The third-order valence-electron chi connectivity index (χ3n) is 9.28. The Hall–Kier alpha value is -2.40. The lowest BCUT2D eigenvalue weighted by Gasteiger charge is -2.15. The number of aliphatic hydroxyl groups is 1. The number of rotatable bonds is 39. The summed E-state index contributed by atoms with van der Waals surface area (Å²) >= 11 is 0. The third kappa shape index (κ3) is 40.4. The van der Waals surface area contributed by atoms with E-state index in [0.29, 0.717) is 12.8 Å². The molecule has 0 amide bonds. The van der Waals surface area contributed by atoms with E-state index < -0.39 is 6.10 Å². The van der Waals surface area contributed by atoms with Gasteiger partial charge in [-0.3, -0.25) is 9.59 Å². The van der Waals surface area contributed by atoms with Gasteiger partial charge in [0, 0.05) is 12.8 Å². The molecule has 0 bridgehead atoms. The van der Waals surface area contributed by atoms with Crippen LogP contribution in [0.4, 0.5) is 0 Å². The van der Waals surface area contributed by atoms with Gasteiger partial charge in [-0.2, -0.15) is 0 Å². The van der Waals surface area contributed by atoms with Crippen LogP contribution in [0.15, 0.2) is 60.8 Å². The van der Waals surface area contributed by atoms with E-state index in [1.807, 2.05) is 0 Å². The van der Waals surface area contributed by atoms with Gasteiger partial charge in [0.15, 0.2) is 6.10 Å². The number of ether oxygens (including phenoxy) is 2. The normalized spacial score (nSPS) is 12.8. The van der Waals surface area contributed by atoms with Crippen LogP contribution in [-0.2, 0) is 19.1 Å². The molecule has 300 valence electrons. The highest BCUT2D eigenvalue weighted by atomic mass is 16.6. The Labute approximate surface area is 321 Å². The van der Waals surface area contributed by atoms with Crippen molar-refractivity contribution in [2.45, 2.75) is 213 Å². The van der Waals surface area contributed by atoms with Crippen LogP contribution in [0.25, 0.3) is 0 Å². The second-order valence-corrected chi connectivity index (χ2v) is 14.4. The van der Waals surface area contributed by atoms with Crippen molar-refractivity contribution in [2.75, 3.05) is 13.2 Å². The lowest BCUT2D eigenvalue weighted by molar-refractivity contribution is -0.161. The topological polar surface area (TPSA) is 72.8 Å². The van der Waals surface area contributed by atoms with Crippen molar-refractivity contribution in [1.82, 2.24) is 0 Å².